The summed E-state index contributed by atoms with van der Waals surface area (Å²) in [4.78, 5) is 17.2. The zero-order chi connectivity index (χ0) is 24.6. The molecule has 0 radical (unpaired) electrons. The van der Waals surface area contributed by atoms with Crippen molar-refractivity contribution in [1.82, 2.24) is 10.3 Å². The highest BCUT2D eigenvalue weighted by molar-refractivity contribution is 6.05. The quantitative estimate of drug-likeness (QED) is 0.491. The second-order valence-electron chi connectivity index (χ2n) is 10.8. The van der Waals surface area contributed by atoms with Gasteiger partial charge in [0, 0.05) is 35.9 Å². The Kier molecular flexibility index (Phi) is 7.00. The molecule has 2 saturated carbocycles. The van der Waals surface area contributed by atoms with E-state index in [0.29, 0.717) is 49.8 Å². The molecule has 5 unspecified atom stereocenters. The van der Waals surface area contributed by atoms with Crippen LogP contribution in [0.1, 0.15) is 58.3 Å². The number of rotatable bonds is 2. The van der Waals surface area contributed by atoms with Crippen molar-refractivity contribution in [1.29, 1.82) is 0 Å². The standard InChI is InChI=1S/C25H31FN2O3.C2H7N/c1-23-10-8-17-13-24(26)14-19(29)5-4-16(24)9-11-25(17,31)21(23)7-6-20(23)22(30)28-18-3-2-12-27-15-18;1-3-2/h2-3,6,8,12,15-16,19,21,29,31H,4-5,7,9-11,13-14H2,1H3,(H,28,30);3H,1-2H3/t16?,19?,21?,23?,24?,25-;/m1./s1. The maximum Gasteiger partial charge on any atom is 0.251 e. The molecular formula is C27H38FN3O3. The molecule has 5 rings (SSSR count). The zero-order valence-electron chi connectivity index (χ0n) is 20.5. The Hall–Kier alpha value is -2.09. The van der Waals surface area contributed by atoms with Crippen LogP contribution < -0.4 is 10.6 Å². The van der Waals surface area contributed by atoms with Gasteiger partial charge in [0.15, 0.2) is 0 Å². The second kappa shape index (κ2) is 9.51. The Labute approximate surface area is 201 Å². The van der Waals surface area contributed by atoms with Gasteiger partial charge in [-0.3, -0.25) is 9.78 Å². The fraction of sp³-hybridized carbons (Fsp3) is 0.630. The van der Waals surface area contributed by atoms with Crippen molar-refractivity contribution in [2.24, 2.45) is 17.3 Å². The summed E-state index contributed by atoms with van der Waals surface area (Å²) in [6.45, 7) is 2.05. The number of halogens is 1. The van der Waals surface area contributed by atoms with Crippen molar-refractivity contribution in [2.75, 3.05) is 19.4 Å². The zero-order valence-corrected chi connectivity index (χ0v) is 20.5. The molecule has 4 aliphatic carbocycles. The molecule has 0 spiro atoms. The van der Waals surface area contributed by atoms with Crippen LogP contribution in [0.2, 0.25) is 0 Å². The number of fused-ring (bicyclic) bond motifs is 4. The fourth-order valence-electron chi connectivity index (χ4n) is 6.82. The molecule has 0 aromatic carbocycles. The minimum atomic E-state index is -1.45. The van der Waals surface area contributed by atoms with Gasteiger partial charge in [0.25, 0.3) is 5.91 Å². The van der Waals surface area contributed by atoms with Gasteiger partial charge >= 0.3 is 0 Å². The third-order valence-electron chi connectivity index (χ3n) is 8.52. The van der Waals surface area contributed by atoms with Crippen LogP contribution in [0.15, 0.2) is 47.8 Å². The number of pyridine rings is 1. The first kappa shape index (κ1) is 25.0. The van der Waals surface area contributed by atoms with Crippen molar-refractivity contribution in [3.63, 3.8) is 0 Å². The minimum absolute atomic E-state index is 0.125. The molecule has 6 atom stereocenters. The number of aliphatic hydroxyl groups excluding tert-OH is 1. The van der Waals surface area contributed by atoms with Gasteiger partial charge in [-0.05, 0) is 76.2 Å². The molecule has 186 valence electrons. The van der Waals surface area contributed by atoms with Crippen molar-refractivity contribution in [2.45, 2.75) is 75.7 Å². The molecule has 7 heteroatoms. The number of nitrogens with one attached hydrogen (secondary N) is 2. The predicted octanol–water partition coefficient (Wildman–Crippen LogP) is 3.92. The van der Waals surface area contributed by atoms with E-state index in [0.717, 1.165) is 5.57 Å². The number of hydrogen-bond acceptors (Lipinski definition) is 5. The van der Waals surface area contributed by atoms with Gasteiger partial charge in [-0.15, -0.1) is 0 Å². The molecule has 0 bridgehead atoms. The van der Waals surface area contributed by atoms with Crippen LogP contribution in [0.5, 0.6) is 0 Å². The summed E-state index contributed by atoms with van der Waals surface area (Å²) in [6.07, 6.45) is 10.6. The lowest BCUT2D eigenvalue weighted by Crippen LogP contribution is -2.50. The molecule has 2 fully saturated rings. The summed E-state index contributed by atoms with van der Waals surface area (Å²) in [5, 5.41) is 27.7. The highest BCUT2D eigenvalue weighted by Crippen LogP contribution is 2.61. The number of carbonyl (C=O) groups is 1. The van der Waals surface area contributed by atoms with E-state index in [1.54, 1.807) is 24.5 Å². The Morgan fingerprint density at radius 1 is 1.24 bits per heavy atom. The van der Waals surface area contributed by atoms with Gasteiger partial charge in [-0.2, -0.15) is 0 Å². The van der Waals surface area contributed by atoms with Crippen LogP contribution in [0, 0.1) is 17.3 Å². The molecule has 6 nitrogen and oxygen atoms in total. The summed E-state index contributed by atoms with van der Waals surface area (Å²) in [5.41, 5.74) is -0.949. The van der Waals surface area contributed by atoms with Gasteiger partial charge in [-0.1, -0.05) is 19.1 Å². The van der Waals surface area contributed by atoms with Crippen LogP contribution in [0.25, 0.3) is 0 Å². The van der Waals surface area contributed by atoms with Crippen molar-refractivity contribution < 1.29 is 19.4 Å². The maximum absolute atomic E-state index is 16.0. The van der Waals surface area contributed by atoms with Crippen LogP contribution in [0.4, 0.5) is 10.1 Å². The monoisotopic (exact) mass is 471 g/mol. The van der Waals surface area contributed by atoms with Gasteiger partial charge in [0.05, 0.1) is 23.6 Å². The van der Waals surface area contributed by atoms with Gasteiger partial charge in [-0.25, -0.2) is 4.39 Å². The smallest absolute Gasteiger partial charge is 0.251 e. The SMILES string of the molecule is CC12CC=C3CC4(F)CC(O)CCC4CC[C@]3(O)C1CC=C2C(=O)Nc1cccnc1.CNC. The largest absolute Gasteiger partial charge is 0.393 e. The number of hydrogen-bond donors (Lipinski definition) is 4. The van der Waals surface area contributed by atoms with E-state index in [1.165, 1.54) is 0 Å². The number of amides is 1. The Balaban J connectivity index is 0.000000868. The highest BCUT2D eigenvalue weighted by atomic mass is 19.1. The summed E-state index contributed by atoms with van der Waals surface area (Å²) >= 11 is 0. The molecule has 1 heterocycles. The van der Waals surface area contributed by atoms with E-state index in [1.807, 2.05) is 26.2 Å². The molecular weight excluding hydrogens is 433 g/mol. The van der Waals surface area contributed by atoms with Gasteiger partial charge < -0.3 is 20.8 Å². The van der Waals surface area contributed by atoms with Crippen LogP contribution >= 0.6 is 0 Å². The fourth-order valence-corrected chi connectivity index (χ4v) is 6.82. The summed E-state index contributed by atoms with van der Waals surface area (Å²) in [7, 11) is 3.75. The summed E-state index contributed by atoms with van der Waals surface area (Å²) in [6, 6.07) is 3.57. The molecule has 4 aliphatic rings. The third kappa shape index (κ3) is 4.34. The van der Waals surface area contributed by atoms with E-state index in [9.17, 15) is 15.0 Å². The average Bonchev–Trinajstić information content (AvgIpc) is 3.10. The number of aromatic nitrogens is 1. The van der Waals surface area contributed by atoms with Crippen LogP contribution in [-0.4, -0.2) is 52.6 Å². The van der Waals surface area contributed by atoms with E-state index >= 15 is 4.39 Å². The van der Waals surface area contributed by atoms with Crippen LogP contribution in [-0.2, 0) is 4.79 Å². The summed E-state index contributed by atoms with van der Waals surface area (Å²) < 4.78 is 16.0. The number of alkyl halides is 1. The average molecular weight is 472 g/mol. The lowest BCUT2D eigenvalue weighted by molar-refractivity contribution is -0.115. The highest BCUT2D eigenvalue weighted by Gasteiger charge is 2.60. The topological polar surface area (TPSA) is 94.5 Å². The first-order valence-electron chi connectivity index (χ1n) is 12.5. The second-order valence-corrected chi connectivity index (χ2v) is 10.8. The van der Waals surface area contributed by atoms with Crippen molar-refractivity contribution in [3.05, 3.63) is 47.8 Å². The minimum Gasteiger partial charge on any atom is -0.393 e. The van der Waals surface area contributed by atoms with Crippen LogP contribution in [0.3, 0.4) is 0 Å². The number of nitrogens with zero attached hydrogens (tertiary/aromatic N) is 1. The summed E-state index contributed by atoms with van der Waals surface area (Å²) in [5.74, 6) is -0.436. The lowest BCUT2D eigenvalue weighted by Gasteiger charge is -2.49. The Morgan fingerprint density at radius 2 is 2.00 bits per heavy atom. The maximum atomic E-state index is 16.0. The van der Waals surface area contributed by atoms with Gasteiger partial charge in [0.1, 0.15) is 5.67 Å². The Morgan fingerprint density at radius 3 is 2.71 bits per heavy atom. The number of aliphatic hydroxyl groups is 2. The van der Waals surface area contributed by atoms with Gasteiger partial charge in [0.2, 0.25) is 0 Å². The molecule has 1 amide bonds. The number of allylic oxidation sites excluding steroid dienone is 2. The van der Waals surface area contributed by atoms with E-state index in [2.05, 4.69) is 22.5 Å². The Bertz CT molecular complexity index is 967. The third-order valence-corrected chi connectivity index (χ3v) is 8.52. The van der Waals surface area contributed by atoms with E-state index in [4.69, 9.17) is 0 Å². The lowest BCUT2D eigenvalue weighted by atomic mass is 9.58. The molecule has 1 aromatic rings. The number of carbonyl (C=O) groups excluding carboxylic acids is 1. The van der Waals surface area contributed by atoms with Crippen molar-refractivity contribution in [3.8, 4) is 0 Å². The van der Waals surface area contributed by atoms with E-state index in [-0.39, 0.29) is 30.6 Å². The van der Waals surface area contributed by atoms with Crippen molar-refractivity contribution >= 4 is 11.6 Å². The molecule has 4 N–H and O–H groups in total. The van der Waals surface area contributed by atoms with E-state index < -0.39 is 22.8 Å². The molecule has 0 saturated heterocycles. The molecule has 34 heavy (non-hydrogen) atoms. The molecule has 0 aliphatic heterocycles. The predicted molar refractivity (Wildman–Crippen MR) is 131 cm³/mol. The first-order valence-corrected chi connectivity index (χ1v) is 12.5. The first-order chi connectivity index (χ1) is 16.2. The number of anilines is 1. The molecule has 1 aromatic heterocycles. The normalized spacial score (nSPS) is 38.6.